The van der Waals surface area contributed by atoms with Gasteiger partial charge in [-0.1, -0.05) is 64.5 Å². The van der Waals surface area contributed by atoms with Crippen molar-refractivity contribution in [2.75, 3.05) is 6.61 Å². The first kappa shape index (κ1) is 39.3. The maximum Gasteiger partial charge on any atom is 0.341 e. The number of aliphatic hydroxyl groups excluding tert-OH is 1. The lowest BCUT2D eigenvalue weighted by atomic mass is 9.70. The van der Waals surface area contributed by atoms with E-state index in [2.05, 4.69) is 20.8 Å². The quantitative estimate of drug-likeness (QED) is 0.235. The molecule has 0 radical (unpaired) electrons. The van der Waals surface area contributed by atoms with Crippen molar-refractivity contribution in [2.24, 2.45) is 23.7 Å². The molecule has 1 aromatic rings. The highest BCUT2D eigenvalue weighted by Crippen LogP contribution is 2.48. The molecule has 10 nitrogen and oxygen atoms in total. The van der Waals surface area contributed by atoms with Gasteiger partial charge >= 0.3 is 11.9 Å². The molecule has 12 atom stereocenters. The number of fused-ring (bicyclic) bond motifs is 2. The van der Waals surface area contributed by atoms with Gasteiger partial charge in [-0.05, 0) is 67.4 Å². The molecule has 4 aliphatic heterocycles. The van der Waals surface area contributed by atoms with Crippen LogP contribution in [0.4, 0.5) is 8.78 Å². The highest BCUT2D eigenvalue weighted by atomic mass is 19.1. The lowest BCUT2D eigenvalue weighted by molar-refractivity contribution is -0.340. The monoisotopic (exact) mass is 742 g/mol. The van der Waals surface area contributed by atoms with Crippen LogP contribution in [0.2, 0.25) is 0 Å². The van der Waals surface area contributed by atoms with E-state index < -0.39 is 76.6 Å². The number of allylic oxidation sites excluding steroid dienone is 2. The van der Waals surface area contributed by atoms with Crippen LogP contribution in [0.25, 0.3) is 0 Å². The van der Waals surface area contributed by atoms with Crippen LogP contribution in [0, 0.1) is 35.3 Å². The van der Waals surface area contributed by atoms with Crippen molar-refractivity contribution >= 4 is 11.9 Å². The van der Waals surface area contributed by atoms with Crippen molar-refractivity contribution in [3.63, 3.8) is 0 Å². The predicted octanol–water partition coefficient (Wildman–Crippen LogP) is 6.38. The van der Waals surface area contributed by atoms with Gasteiger partial charge in [0.15, 0.2) is 29.3 Å². The highest BCUT2D eigenvalue weighted by molar-refractivity contribution is 5.90. The summed E-state index contributed by atoms with van der Waals surface area (Å²) in [5.74, 6) is -7.98. The maximum atomic E-state index is 14.7. The fourth-order valence-corrected chi connectivity index (χ4v) is 8.57. The second-order valence-electron chi connectivity index (χ2n) is 15.7. The fraction of sp³-hybridized carbons (Fsp3) is 0.610. The average molecular weight is 743 g/mol. The maximum absolute atomic E-state index is 14.7. The van der Waals surface area contributed by atoms with Crippen LogP contribution >= 0.6 is 0 Å². The van der Waals surface area contributed by atoms with Gasteiger partial charge < -0.3 is 39.0 Å². The number of hydrogen-bond donors (Lipinski definition) is 3. The molecule has 1 aliphatic carbocycles. The highest BCUT2D eigenvalue weighted by Gasteiger charge is 2.61. The standard InChI is InChI=1S/C41H52F2O10/c1-7-21(2)35-24(5)15-16-40(53-35)19-28-18-27(52-40)12-11-23(4)33(44)22(3)9-8-10-26-20-49-37-36(25(6)17-30(39(47)50-28)41(26,37)48)51-38(46)29-13-14-31(42)34(45)32(29)43/h8-11,13-14,17,21-22,24,27-28,30,33,35-37,44-45,48H,7,12,15-16,18-20H2,1-6H3/b9-8+,23-11+,26-10+/t21-,22-,24-,27+,28-,30-,33-,35+,36+,37+,40+,41+/m0/s1. The van der Waals surface area contributed by atoms with Gasteiger partial charge in [-0.15, -0.1) is 0 Å². The van der Waals surface area contributed by atoms with Gasteiger partial charge in [0.2, 0.25) is 0 Å². The summed E-state index contributed by atoms with van der Waals surface area (Å²) in [5, 5.41) is 33.6. The zero-order valence-corrected chi connectivity index (χ0v) is 31.2. The zero-order valence-electron chi connectivity index (χ0n) is 31.2. The number of rotatable bonds is 4. The third-order valence-corrected chi connectivity index (χ3v) is 12.0. The van der Waals surface area contributed by atoms with Gasteiger partial charge in [-0.2, -0.15) is 0 Å². The zero-order chi connectivity index (χ0) is 38.4. The molecule has 12 heteroatoms. The van der Waals surface area contributed by atoms with E-state index in [1.165, 1.54) is 6.08 Å². The largest absolute Gasteiger partial charge is 0.503 e. The molecule has 2 bridgehead atoms. The normalized spacial score (nSPS) is 40.8. The van der Waals surface area contributed by atoms with E-state index in [1.54, 1.807) is 25.2 Å². The first-order chi connectivity index (χ1) is 25.1. The number of halogens is 2. The molecule has 3 fully saturated rings. The molecule has 1 aromatic carbocycles. The molecule has 5 aliphatic rings. The summed E-state index contributed by atoms with van der Waals surface area (Å²) < 4.78 is 60.1. The van der Waals surface area contributed by atoms with Gasteiger partial charge in [-0.25, -0.2) is 13.6 Å². The molecule has 6 rings (SSSR count). The van der Waals surface area contributed by atoms with E-state index in [4.69, 9.17) is 23.7 Å². The van der Waals surface area contributed by atoms with Crippen molar-refractivity contribution in [3.05, 3.63) is 76.4 Å². The van der Waals surface area contributed by atoms with Gasteiger partial charge in [0.05, 0.1) is 30.5 Å². The Balaban J connectivity index is 1.37. The summed E-state index contributed by atoms with van der Waals surface area (Å²) in [7, 11) is 0. The number of carbonyl (C=O) groups is 2. The smallest absolute Gasteiger partial charge is 0.341 e. The Labute approximate surface area is 309 Å². The Bertz CT molecular complexity index is 1700. The number of ether oxygens (including phenoxy) is 5. The summed E-state index contributed by atoms with van der Waals surface area (Å²) in [4.78, 5) is 27.6. The Morgan fingerprint density at radius 2 is 1.89 bits per heavy atom. The molecule has 4 heterocycles. The topological polar surface area (TPSA) is 141 Å². The Hall–Kier alpha value is -3.42. The van der Waals surface area contributed by atoms with E-state index in [1.807, 2.05) is 19.9 Å². The van der Waals surface area contributed by atoms with Crippen molar-refractivity contribution < 1.29 is 57.4 Å². The average Bonchev–Trinajstić information content (AvgIpc) is 3.46. The molecular weight excluding hydrogens is 690 g/mol. The van der Waals surface area contributed by atoms with Crippen LogP contribution in [-0.4, -0.2) is 81.9 Å². The minimum absolute atomic E-state index is 0.0471. The lowest BCUT2D eigenvalue weighted by Crippen LogP contribution is -2.59. The second kappa shape index (κ2) is 15.4. The molecule has 290 valence electrons. The second-order valence-corrected chi connectivity index (χ2v) is 15.7. The number of benzene rings is 1. The minimum Gasteiger partial charge on any atom is -0.503 e. The molecule has 0 unspecified atom stereocenters. The number of phenols is 1. The van der Waals surface area contributed by atoms with E-state index in [-0.39, 0.29) is 30.7 Å². The number of phenolic OH excluding ortho intramolecular Hbond substituents is 1. The van der Waals surface area contributed by atoms with Crippen molar-refractivity contribution in [1.82, 2.24) is 0 Å². The fourth-order valence-electron chi connectivity index (χ4n) is 8.57. The number of carbonyl (C=O) groups excluding carboxylic acids is 2. The summed E-state index contributed by atoms with van der Waals surface area (Å²) in [5.41, 5.74) is -1.37. The Morgan fingerprint density at radius 3 is 2.62 bits per heavy atom. The van der Waals surface area contributed by atoms with E-state index in [0.717, 1.165) is 30.5 Å². The molecule has 0 aromatic heterocycles. The van der Waals surface area contributed by atoms with Gasteiger partial charge in [0.1, 0.15) is 23.7 Å². The Morgan fingerprint density at radius 1 is 1.13 bits per heavy atom. The molecular formula is C41H52F2O10. The molecule has 53 heavy (non-hydrogen) atoms. The van der Waals surface area contributed by atoms with Crippen LogP contribution in [-0.2, 0) is 28.5 Å². The molecule has 0 saturated carbocycles. The van der Waals surface area contributed by atoms with Crippen LogP contribution in [0.3, 0.4) is 0 Å². The van der Waals surface area contributed by atoms with Crippen LogP contribution < -0.4 is 0 Å². The summed E-state index contributed by atoms with van der Waals surface area (Å²) in [6.45, 7) is 11.7. The van der Waals surface area contributed by atoms with Crippen LogP contribution in [0.1, 0.15) is 90.4 Å². The molecule has 3 saturated heterocycles. The van der Waals surface area contributed by atoms with Gasteiger partial charge in [0.25, 0.3) is 0 Å². The van der Waals surface area contributed by atoms with Crippen molar-refractivity contribution in [1.29, 1.82) is 0 Å². The lowest BCUT2D eigenvalue weighted by Gasteiger charge is -2.51. The SMILES string of the molecule is CC[C@H](C)[C@H]1O[C@]2(CC[C@@H]1C)C[C@@H]1C[C@@H](C/C=C(\C)[C@@H](O)[C@@H](C)/C=C/C=C3\CO[C@@H]4[C@H](OC(=O)c5ccc(F)c(O)c5F)C(C)=C[C@@H](C(=O)O1)[C@]34O)O2. The number of aromatic hydroxyl groups is 1. The van der Waals surface area contributed by atoms with Gasteiger partial charge in [0, 0.05) is 25.2 Å². The van der Waals surface area contributed by atoms with E-state index in [9.17, 15) is 33.7 Å². The first-order valence-corrected chi connectivity index (χ1v) is 18.8. The first-order valence-electron chi connectivity index (χ1n) is 18.8. The van der Waals surface area contributed by atoms with Crippen LogP contribution in [0.5, 0.6) is 5.75 Å². The molecule has 0 amide bonds. The Kier molecular flexibility index (Phi) is 11.4. The van der Waals surface area contributed by atoms with E-state index >= 15 is 0 Å². The number of hydrogen-bond acceptors (Lipinski definition) is 10. The van der Waals surface area contributed by atoms with Crippen molar-refractivity contribution in [2.45, 2.75) is 128 Å². The van der Waals surface area contributed by atoms with Crippen LogP contribution in [0.15, 0.2) is 59.2 Å². The van der Waals surface area contributed by atoms with Gasteiger partial charge in [-0.3, -0.25) is 4.79 Å². The predicted molar refractivity (Wildman–Crippen MR) is 189 cm³/mol. The van der Waals surface area contributed by atoms with E-state index in [0.29, 0.717) is 42.7 Å². The number of aliphatic hydroxyl groups is 2. The third kappa shape index (κ3) is 7.50. The summed E-state index contributed by atoms with van der Waals surface area (Å²) >= 11 is 0. The summed E-state index contributed by atoms with van der Waals surface area (Å²) in [6, 6.07) is 1.59. The number of esters is 2. The summed E-state index contributed by atoms with van der Waals surface area (Å²) in [6.07, 6.45) is 7.61. The minimum atomic E-state index is -2.06. The van der Waals surface area contributed by atoms with Crippen molar-refractivity contribution in [3.8, 4) is 5.75 Å². The third-order valence-electron chi connectivity index (χ3n) is 12.0. The molecule has 3 N–H and O–H groups in total. The molecule has 1 spiro atoms.